The van der Waals surface area contributed by atoms with Crippen LogP contribution in [0.1, 0.15) is 32.6 Å². The molecule has 0 amide bonds. The maximum atomic E-state index is 3.38. The minimum Gasteiger partial charge on any atom is -0.316 e. The molecule has 1 heterocycles. The van der Waals surface area contributed by atoms with E-state index in [0.717, 1.165) is 12.0 Å². The smallest absolute Gasteiger partial charge is 0.0204 e. The number of allylic oxidation sites excluding steroid dienone is 2. The lowest BCUT2D eigenvalue weighted by Gasteiger charge is -2.25. The largest absolute Gasteiger partial charge is 0.316 e. The Kier molecular flexibility index (Phi) is 3.81. The standard InChI is InChI=1S/C13H24N2/c1-11-3-5-12(6-4-11)9-15-8-7-13(10-15)14-2/h3,12-14H,4-10H2,1-2H3. The summed E-state index contributed by atoms with van der Waals surface area (Å²) in [7, 11) is 2.08. The second-order valence-electron chi connectivity index (χ2n) is 5.22. The van der Waals surface area contributed by atoms with Crippen LogP contribution in [0.25, 0.3) is 0 Å². The Balaban J connectivity index is 1.74. The Bertz CT molecular complexity index is 235. The highest BCUT2D eigenvalue weighted by atomic mass is 15.2. The van der Waals surface area contributed by atoms with Crippen LogP contribution in [0.4, 0.5) is 0 Å². The van der Waals surface area contributed by atoms with Crippen LogP contribution >= 0.6 is 0 Å². The predicted octanol–water partition coefficient (Wildman–Crippen LogP) is 2.03. The van der Waals surface area contributed by atoms with Gasteiger partial charge in [0.05, 0.1) is 0 Å². The molecule has 2 atom stereocenters. The first-order chi connectivity index (χ1) is 7.28. The topological polar surface area (TPSA) is 15.3 Å². The number of rotatable bonds is 3. The minimum atomic E-state index is 0.742. The summed E-state index contributed by atoms with van der Waals surface area (Å²) in [5, 5.41) is 3.38. The Morgan fingerprint density at radius 2 is 2.33 bits per heavy atom. The van der Waals surface area contributed by atoms with Gasteiger partial charge in [-0.2, -0.15) is 0 Å². The summed E-state index contributed by atoms with van der Waals surface area (Å²) in [4.78, 5) is 2.64. The van der Waals surface area contributed by atoms with E-state index in [9.17, 15) is 0 Å². The van der Waals surface area contributed by atoms with Crippen LogP contribution in [0.2, 0.25) is 0 Å². The third kappa shape index (κ3) is 3.05. The highest BCUT2D eigenvalue weighted by Crippen LogP contribution is 2.25. The summed E-state index contributed by atoms with van der Waals surface area (Å²) >= 11 is 0. The van der Waals surface area contributed by atoms with Gasteiger partial charge in [0.25, 0.3) is 0 Å². The third-order valence-corrected chi connectivity index (χ3v) is 3.94. The van der Waals surface area contributed by atoms with Crippen molar-refractivity contribution in [1.82, 2.24) is 10.2 Å². The van der Waals surface area contributed by atoms with Gasteiger partial charge in [-0.15, -0.1) is 0 Å². The molecular formula is C13H24N2. The summed E-state index contributed by atoms with van der Waals surface area (Å²) in [6.07, 6.45) is 7.82. The molecule has 1 saturated heterocycles. The second kappa shape index (κ2) is 5.13. The van der Waals surface area contributed by atoms with Gasteiger partial charge >= 0.3 is 0 Å². The van der Waals surface area contributed by atoms with Gasteiger partial charge in [-0.1, -0.05) is 11.6 Å². The fraction of sp³-hybridized carbons (Fsp3) is 0.846. The molecule has 0 bridgehead atoms. The SMILES string of the molecule is CNC1CCN(CC2CC=C(C)CC2)C1. The molecule has 0 aromatic rings. The second-order valence-corrected chi connectivity index (χ2v) is 5.22. The number of nitrogens with one attached hydrogen (secondary N) is 1. The van der Waals surface area contributed by atoms with E-state index in [2.05, 4.69) is 30.3 Å². The van der Waals surface area contributed by atoms with Gasteiger partial charge < -0.3 is 10.2 Å². The molecule has 2 unspecified atom stereocenters. The van der Waals surface area contributed by atoms with Crippen LogP contribution in [0.3, 0.4) is 0 Å². The van der Waals surface area contributed by atoms with Crippen molar-refractivity contribution in [3.05, 3.63) is 11.6 Å². The molecule has 1 aliphatic carbocycles. The monoisotopic (exact) mass is 208 g/mol. The van der Waals surface area contributed by atoms with Crippen molar-refractivity contribution in [1.29, 1.82) is 0 Å². The van der Waals surface area contributed by atoms with Gasteiger partial charge in [-0.25, -0.2) is 0 Å². The predicted molar refractivity (Wildman–Crippen MR) is 65.0 cm³/mol. The fourth-order valence-corrected chi connectivity index (χ4v) is 2.78. The van der Waals surface area contributed by atoms with Crippen molar-refractivity contribution in [3.8, 4) is 0 Å². The molecule has 1 aliphatic heterocycles. The van der Waals surface area contributed by atoms with E-state index < -0.39 is 0 Å². The Hall–Kier alpha value is -0.340. The molecule has 0 aromatic carbocycles. The summed E-state index contributed by atoms with van der Waals surface area (Å²) in [5.74, 6) is 0.921. The third-order valence-electron chi connectivity index (χ3n) is 3.94. The molecule has 0 spiro atoms. The molecule has 2 heteroatoms. The molecule has 2 aliphatic rings. The number of hydrogen-bond donors (Lipinski definition) is 1. The van der Waals surface area contributed by atoms with E-state index in [1.165, 1.54) is 45.3 Å². The van der Waals surface area contributed by atoms with E-state index in [1.807, 2.05) is 0 Å². The van der Waals surface area contributed by atoms with Crippen LogP contribution in [-0.2, 0) is 0 Å². The van der Waals surface area contributed by atoms with Crippen molar-refractivity contribution < 1.29 is 0 Å². The minimum absolute atomic E-state index is 0.742. The van der Waals surface area contributed by atoms with Crippen molar-refractivity contribution in [2.75, 3.05) is 26.7 Å². The zero-order valence-electron chi connectivity index (χ0n) is 10.1. The quantitative estimate of drug-likeness (QED) is 0.714. The molecule has 1 N–H and O–H groups in total. The van der Waals surface area contributed by atoms with Gasteiger partial charge in [0.1, 0.15) is 0 Å². The highest BCUT2D eigenvalue weighted by Gasteiger charge is 2.23. The number of hydrogen-bond acceptors (Lipinski definition) is 2. The van der Waals surface area contributed by atoms with E-state index in [-0.39, 0.29) is 0 Å². The molecule has 0 radical (unpaired) electrons. The molecule has 86 valence electrons. The van der Waals surface area contributed by atoms with Gasteiger partial charge in [0, 0.05) is 19.1 Å². The van der Waals surface area contributed by atoms with Crippen LogP contribution < -0.4 is 5.32 Å². The van der Waals surface area contributed by atoms with E-state index in [4.69, 9.17) is 0 Å². The van der Waals surface area contributed by atoms with Gasteiger partial charge in [0.2, 0.25) is 0 Å². The van der Waals surface area contributed by atoms with Crippen molar-refractivity contribution in [2.45, 2.75) is 38.6 Å². The van der Waals surface area contributed by atoms with Crippen molar-refractivity contribution in [3.63, 3.8) is 0 Å². The first-order valence-electron chi connectivity index (χ1n) is 6.33. The Morgan fingerprint density at radius 3 is 2.93 bits per heavy atom. The van der Waals surface area contributed by atoms with Crippen LogP contribution in [0, 0.1) is 5.92 Å². The molecule has 15 heavy (non-hydrogen) atoms. The fourth-order valence-electron chi connectivity index (χ4n) is 2.78. The van der Waals surface area contributed by atoms with Crippen molar-refractivity contribution in [2.24, 2.45) is 5.92 Å². The first-order valence-corrected chi connectivity index (χ1v) is 6.33. The summed E-state index contributed by atoms with van der Waals surface area (Å²) in [6.45, 7) is 6.14. The average Bonchev–Trinajstić information content (AvgIpc) is 2.69. The van der Waals surface area contributed by atoms with Gasteiger partial charge in [-0.05, 0) is 52.1 Å². The van der Waals surface area contributed by atoms with Gasteiger partial charge in [-0.3, -0.25) is 0 Å². The van der Waals surface area contributed by atoms with Crippen molar-refractivity contribution >= 4 is 0 Å². The Labute approximate surface area is 93.7 Å². The molecule has 2 rings (SSSR count). The van der Waals surface area contributed by atoms with E-state index in [1.54, 1.807) is 5.57 Å². The summed E-state index contributed by atoms with van der Waals surface area (Å²) in [6, 6.07) is 0.742. The van der Waals surface area contributed by atoms with E-state index in [0.29, 0.717) is 0 Å². The highest BCUT2D eigenvalue weighted by molar-refractivity contribution is 5.03. The molecular weight excluding hydrogens is 184 g/mol. The number of nitrogens with zero attached hydrogens (tertiary/aromatic N) is 1. The van der Waals surface area contributed by atoms with Gasteiger partial charge in [0.15, 0.2) is 0 Å². The average molecular weight is 208 g/mol. The lowest BCUT2D eigenvalue weighted by molar-refractivity contribution is 0.260. The van der Waals surface area contributed by atoms with Crippen LogP contribution in [0.15, 0.2) is 11.6 Å². The zero-order chi connectivity index (χ0) is 10.7. The molecule has 0 saturated carbocycles. The zero-order valence-corrected chi connectivity index (χ0v) is 10.1. The Morgan fingerprint density at radius 1 is 1.47 bits per heavy atom. The molecule has 1 fully saturated rings. The van der Waals surface area contributed by atoms with Crippen LogP contribution in [-0.4, -0.2) is 37.6 Å². The first kappa shape index (κ1) is 11.2. The van der Waals surface area contributed by atoms with Crippen LogP contribution in [0.5, 0.6) is 0 Å². The maximum absolute atomic E-state index is 3.38. The molecule has 0 aromatic heterocycles. The molecule has 2 nitrogen and oxygen atoms in total. The normalized spacial score (nSPS) is 33.1. The lowest BCUT2D eigenvalue weighted by Crippen LogP contribution is -2.32. The maximum Gasteiger partial charge on any atom is 0.0204 e. The summed E-state index contributed by atoms with van der Waals surface area (Å²) < 4.78 is 0. The summed E-state index contributed by atoms with van der Waals surface area (Å²) in [5.41, 5.74) is 1.60. The number of likely N-dealkylation sites (tertiary alicyclic amines) is 1. The number of likely N-dealkylation sites (N-methyl/N-ethyl adjacent to an activating group) is 1. The van der Waals surface area contributed by atoms with E-state index >= 15 is 0 Å². The lowest BCUT2D eigenvalue weighted by atomic mass is 9.90.